The van der Waals surface area contributed by atoms with E-state index < -0.39 is 5.82 Å². The van der Waals surface area contributed by atoms with Crippen LogP contribution in [0, 0.1) is 5.82 Å². The molecule has 0 saturated carbocycles. The summed E-state index contributed by atoms with van der Waals surface area (Å²) < 4.78 is 14.7. The molecule has 4 heterocycles. The standard InChI is InChI=1S/C22H23FN4S2/c1-3-27-8-4-5-13(12(27)2)19-9-15-14(6-7-25-21(15)28-19)22-26-18-11-17(24)16(23)10-20(18)29-22/h6-7,9-13H,3-5,8,24H2,1-2H3. The predicted octanol–water partition coefficient (Wildman–Crippen LogP) is 5.88. The molecule has 1 fully saturated rings. The van der Waals surface area contributed by atoms with Gasteiger partial charge in [0.2, 0.25) is 0 Å². The molecule has 2 unspecified atom stereocenters. The summed E-state index contributed by atoms with van der Waals surface area (Å²) in [6.45, 7) is 6.87. The van der Waals surface area contributed by atoms with Gasteiger partial charge in [-0.1, -0.05) is 6.92 Å². The zero-order valence-electron chi connectivity index (χ0n) is 16.5. The zero-order chi connectivity index (χ0) is 20.1. The van der Waals surface area contributed by atoms with Crippen molar-refractivity contribution >= 4 is 48.8 Å². The quantitative estimate of drug-likeness (QED) is 0.416. The van der Waals surface area contributed by atoms with Gasteiger partial charge in [-0.2, -0.15) is 0 Å². The van der Waals surface area contributed by atoms with Gasteiger partial charge in [-0.05, 0) is 57.1 Å². The van der Waals surface area contributed by atoms with Crippen LogP contribution in [0.5, 0.6) is 0 Å². The van der Waals surface area contributed by atoms with Crippen molar-refractivity contribution in [2.75, 3.05) is 18.8 Å². The molecule has 0 radical (unpaired) electrons. The Bertz CT molecular complexity index is 1160. The predicted molar refractivity (Wildman–Crippen MR) is 121 cm³/mol. The van der Waals surface area contributed by atoms with Crippen molar-refractivity contribution in [3.05, 3.63) is 41.2 Å². The van der Waals surface area contributed by atoms with E-state index in [0.717, 1.165) is 37.5 Å². The number of thiophene rings is 1. The molecular weight excluding hydrogens is 403 g/mol. The van der Waals surface area contributed by atoms with E-state index in [1.807, 2.05) is 12.3 Å². The highest BCUT2D eigenvalue weighted by atomic mass is 32.1. The van der Waals surface area contributed by atoms with Gasteiger partial charge in [-0.3, -0.25) is 0 Å². The molecule has 3 aromatic heterocycles. The monoisotopic (exact) mass is 426 g/mol. The molecule has 29 heavy (non-hydrogen) atoms. The lowest BCUT2D eigenvalue weighted by atomic mass is 9.88. The Morgan fingerprint density at radius 3 is 2.97 bits per heavy atom. The molecule has 1 saturated heterocycles. The van der Waals surface area contributed by atoms with Gasteiger partial charge in [0.15, 0.2) is 0 Å². The minimum atomic E-state index is -0.392. The van der Waals surface area contributed by atoms with Gasteiger partial charge in [-0.25, -0.2) is 14.4 Å². The van der Waals surface area contributed by atoms with Crippen LogP contribution in [0.4, 0.5) is 10.1 Å². The Morgan fingerprint density at radius 1 is 1.28 bits per heavy atom. The maximum atomic E-state index is 13.9. The van der Waals surface area contributed by atoms with E-state index in [-0.39, 0.29) is 5.69 Å². The van der Waals surface area contributed by atoms with Gasteiger partial charge in [0.1, 0.15) is 15.7 Å². The highest BCUT2D eigenvalue weighted by Gasteiger charge is 2.29. The van der Waals surface area contributed by atoms with Gasteiger partial charge in [-0.15, -0.1) is 22.7 Å². The number of nitrogen functional groups attached to an aromatic ring is 1. The minimum Gasteiger partial charge on any atom is -0.396 e. The summed E-state index contributed by atoms with van der Waals surface area (Å²) in [5.74, 6) is 0.150. The Kier molecular flexibility index (Phi) is 4.76. The van der Waals surface area contributed by atoms with Crippen LogP contribution >= 0.6 is 22.7 Å². The molecule has 2 atom stereocenters. The maximum Gasteiger partial charge on any atom is 0.147 e. The number of likely N-dealkylation sites (tertiary alicyclic amines) is 1. The summed E-state index contributed by atoms with van der Waals surface area (Å²) >= 11 is 3.30. The summed E-state index contributed by atoms with van der Waals surface area (Å²) in [6.07, 6.45) is 4.31. The lowest BCUT2D eigenvalue weighted by molar-refractivity contribution is 0.148. The molecule has 4 nitrogen and oxygen atoms in total. The first-order chi connectivity index (χ1) is 14.0. The summed E-state index contributed by atoms with van der Waals surface area (Å²) in [5, 5.41) is 2.02. The average Bonchev–Trinajstić information content (AvgIpc) is 3.32. The van der Waals surface area contributed by atoms with Gasteiger partial charge in [0.05, 0.1) is 15.9 Å². The van der Waals surface area contributed by atoms with Crippen LogP contribution in [0.2, 0.25) is 0 Å². The van der Waals surface area contributed by atoms with E-state index in [4.69, 9.17) is 10.7 Å². The third-order valence-corrected chi connectivity index (χ3v) is 8.31. The lowest BCUT2D eigenvalue weighted by Gasteiger charge is -2.38. The number of anilines is 1. The zero-order valence-corrected chi connectivity index (χ0v) is 18.1. The first kappa shape index (κ1) is 18.9. The van der Waals surface area contributed by atoms with Gasteiger partial charge < -0.3 is 10.6 Å². The fraction of sp³-hybridized carbons (Fsp3) is 0.364. The fourth-order valence-electron chi connectivity index (χ4n) is 4.45. The third kappa shape index (κ3) is 3.21. The third-order valence-electron chi connectivity index (χ3n) is 6.08. The number of benzene rings is 1. The topological polar surface area (TPSA) is 55.0 Å². The number of nitrogens with zero attached hydrogens (tertiary/aromatic N) is 3. The fourth-order valence-corrected chi connectivity index (χ4v) is 6.72. The number of fused-ring (bicyclic) bond motifs is 2. The highest BCUT2D eigenvalue weighted by molar-refractivity contribution is 7.22. The van der Waals surface area contributed by atoms with Crippen molar-refractivity contribution in [1.29, 1.82) is 0 Å². The molecule has 1 aliphatic heterocycles. The van der Waals surface area contributed by atoms with Crippen molar-refractivity contribution in [2.45, 2.75) is 38.6 Å². The molecular formula is C22H23FN4S2. The Hall–Kier alpha value is -2.09. The molecule has 7 heteroatoms. The van der Waals surface area contributed by atoms with Crippen molar-refractivity contribution in [3.63, 3.8) is 0 Å². The first-order valence-electron chi connectivity index (χ1n) is 10.0. The van der Waals surface area contributed by atoms with Crippen molar-refractivity contribution in [2.24, 2.45) is 0 Å². The molecule has 4 aromatic rings. The number of pyridine rings is 1. The maximum absolute atomic E-state index is 13.9. The van der Waals surface area contributed by atoms with Gasteiger partial charge in [0.25, 0.3) is 0 Å². The molecule has 0 spiro atoms. The van der Waals surface area contributed by atoms with Crippen LogP contribution in [0.15, 0.2) is 30.5 Å². The smallest absolute Gasteiger partial charge is 0.147 e. The summed E-state index contributed by atoms with van der Waals surface area (Å²) in [7, 11) is 0. The van der Waals surface area contributed by atoms with Crippen molar-refractivity contribution < 1.29 is 4.39 Å². The SMILES string of the molecule is CCN1CCCC(c2cc3c(-c4nc5cc(N)c(F)cc5s4)ccnc3s2)C1C. The van der Waals surface area contributed by atoms with E-state index in [2.05, 4.69) is 29.8 Å². The van der Waals surface area contributed by atoms with E-state index in [0.29, 0.717) is 12.0 Å². The Balaban J connectivity index is 1.59. The molecule has 0 aliphatic carbocycles. The van der Waals surface area contributed by atoms with Gasteiger partial charge >= 0.3 is 0 Å². The molecule has 2 N–H and O–H groups in total. The van der Waals surface area contributed by atoms with Gasteiger partial charge in [0, 0.05) is 34.0 Å². The largest absolute Gasteiger partial charge is 0.396 e. The lowest BCUT2D eigenvalue weighted by Crippen LogP contribution is -2.41. The number of halogens is 1. The van der Waals surface area contributed by atoms with E-state index in [1.54, 1.807) is 17.4 Å². The number of aromatic nitrogens is 2. The molecule has 0 amide bonds. The Morgan fingerprint density at radius 2 is 2.14 bits per heavy atom. The number of rotatable bonds is 3. The summed E-state index contributed by atoms with van der Waals surface area (Å²) in [6, 6.07) is 7.96. The second-order valence-corrected chi connectivity index (χ2v) is 9.80. The average molecular weight is 427 g/mol. The summed E-state index contributed by atoms with van der Waals surface area (Å²) in [4.78, 5) is 14.4. The second kappa shape index (κ2) is 7.31. The normalized spacial score (nSPS) is 20.7. The molecule has 0 bridgehead atoms. The number of likely N-dealkylation sites (N-methyl/N-ethyl adjacent to an activating group) is 1. The van der Waals surface area contributed by atoms with E-state index in [9.17, 15) is 4.39 Å². The van der Waals surface area contributed by atoms with E-state index in [1.165, 1.54) is 41.7 Å². The number of hydrogen-bond donors (Lipinski definition) is 1. The number of piperidine rings is 1. The van der Waals surface area contributed by atoms with Crippen molar-refractivity contribution in [3.8, 4) is 10.6 Å². The first-order valence-corrected chi connectivity index (χ1v) is 11.7. The van der Waals surface area contributed by atoms with E-state index >= 15 is 0 Å². The molecule has 150 valence electrons. The molecule has 1 aromatic carbocycles. The van der Waals surface area contributed by atoms with Crippen LogP contribution in [-0.2, 0) is 0 Å². The number of hydrogen-bond acceptors (Lipinski definition) is 6. The van der Waals surface area contributed by atoms with Crippen molar-refractivity contribution in [1.82, 2.24) is 14.9 Å². The Labute approximate surface area is 177 Å². The second-order valence-electron chi connectivity index (χ2n) is 7.70. The van der Waals surface area contributed by atoms with Crippen LogP contribution in [-0.4, -0.2) is 34.0 Å². The highest BCUT2D eigenvalue weighted by Crippen LogP contribution is 2.42. The number of nitrogens with two attached hydrogens (primary N) is 1. The van der Waals surface area contributed by atoms with Crippen LogP contribution < -0.4 is 5.73 Å². The van der Waals surface area contributed by atoms with Crippen LogP contribution in [0.25, 0.3) is 31.0 Å². The molecule has 1 aliphatic rings. The van der Waals surface area contributed by atoms with Crippen LogP contribution in [0.1, 0.15) is 37.5 Å². The van der Waals surface area contributed by atoms with Crippen LogP contribution in [0.3, 0.4) is 0 Å². The number of thiazole rings is 1. The minimum absolute atomic E-state index is 0.138. The summed E-state index contributed by atoms with van der Waals surface area (Å²) in [5.41, 5.74) is 7.66. The molecule has 5 rings (SSSR count).